The lowest BCUT2D eigenvalue weighted by atomic mass is 10.2. The molecule has 0 unspecified atom stereocenters. The number of non-ortho nitro benzene ring substituents is 1. The van der Waals surface area contributed by atoms with Crippen molar-refractivity contribution in [3.63, 3.8) is 0 Å². The molecule has 4 aromatic rings. The number of aryl methyl sites for hydroxylation is 1. The van der Waals surface area contributed by atoms with Crippen molar-refractivity contribution < 1.29 is 18.9 Å². The summed E-state index contributed by atoms with van der Waals surface area (Å²) in [6, 6.07) is 20.6. The average molecular weight is 574 g/mol. The van der Waals surface area contributed by atoms with E-state index < -0.39 is 10.8 Å². The molecule has 4 rings (SSSR count). The normalized spacial score (nSPS) is 10.7. The summed E-state index contributed by atoms with van der Waals surface area (Å²) < 4.78 is 12.1. The van der Waals surface area contributed by atoms with Gasteiger partial charge in [0.05, 0.1) is 9.95 Å². The lowest BCUT2D eigenvalue weighted by Gasteiger charge is -2.08. The molecule has 7 nitrogen and oxygen atoms in total. The number of hydrogen-bond donors (Lipinski definition) is 1. The van der Waals surface area contributed by atoms with Crippen molar-refractivity contribution >= 4 is 56.6 Å². The Morgan fingerprint density at radius 3 is 2.57 bits per heavy atom. The molecular weight excluding hydrogens is 556 g/mol. The van der Waals surface area contributed by atoms with E-state index in [2.05, 4.69) is 21.2 Å². The Bertz CT molecular complexity index is 1390. The van der Waals surface area contributed by atoms with Crippen LogP contribution in [-0.4, -0.2) is 10.8 Å². The van der Waals surface area contributed by atoms with Gasteiger partial charge in [-0.2, -0.15) is 0 Å². The minimum Gasteiger partial charge on any atom is -0.484 e. The molecule has 1 heterocycles. The maximum absolute atomic E-state index is 12.7. The maximum atomic E-state index is 12.7. The largest absolute Gasteiger partial charge is 0.484 e. The number of nitrogens with zero attached hydrogens (tertiary/aromatic N) is 1. The smallest absolute Gasteiger partial charge is 0.291 e. The molecule has 1 amide bonds. The van der Waals surface area contributed by atoms with Gasteiger partial charge in [0.15, 0.2) is 5.76 Å². The highest BCUT2D eigenvalue weighted by atomic mass is 79.9. The fraction of sp³-hybridized carbons (Fsp3) is 0.0800. The summed E-state index contributed by atoms with van der Waals surface area (Å²) in [4.78, 5) is 25.2. The first kappa shape index (κ1) is 24.8. The topological polar surface area (TPSA) is 94.6 Å². The summed E-state index contributed by atoms with van der Waals surface area (Å²) in [6.07, 6.45) is 0. The summed E-state index contributed by atoms with van der Waals surface area (Å²) >= 11 is 10.8. The summed E-state index contributed by atoms with van der Waals surface area (Å²) in [7, 11) is 0. The molecule has 0 aliphatic heterocycles. The van der Waals surface area contributed by atoms with Crippen molar-refractivity contribution in [3.8, 4) is 5.75 Å². The van der Waals surface area contributed by atoms with Crippen LogP contribution in [0.25, 0.3) is 0 Å². The molecular formula is C25H18BrClN2O5S. The molecule has 0 radical (unpaired) electrons. The van der Waals surface area contributed by atoms with Crippen LogP contribution in [0.15, 0.2) is 91.5 Å². The van der Waals surface area contributed by atoms with E-state index in [9.17, 15) is 14.9 Å². The van der Waals surface area contributed by atoms with Crippen molar-refractivity contribution in [3.05, 3.63) is 109 Å². The Kier molecular flexibility index (Phi) is 7.80. The van der Waals surface area contributed by atoms with Crippen LogP contribution in [-0.2, 0) is 6.61 Å². The van der Waals surface area contributed by atoms with Crippen LogP contribution in [0.3, 0.4) is 0 Å². The van der Waals surface area contributed by atoms with Crippen molar-refractivity contribution in [1.29, 1.82) is 0 Å². The first-order valence-electron chi connectivity index (χ1n) is 10.3. The van der Waals surface area contributed by atoms with Crippen molar-refractivity contribution in [1.82, 2.24) is 0 Å². The number of nitrogens with one attached hydrogen (secondary N) is 1. The number of halogens is 2. The molecule has 1 N–H and O–H groups in total. The number of carbonyl (C=O) groups excluding carboxylic acids is 1. The van der Waals surface area contributed by atoms with Gasteiger partial charge in [0.2, 0.25) is 0 Å². The Balaban J connectivity index is 1.46. The molecule has 0 saturated carbocycles. The third-order valence-electron chi connectivity index (χ3n) is 4.77. The molecule has 0 saturated heterocycles. The summed E-state index contributed by atoms with van der Waals surface area (Å²) in [5.41, 5.74) is 1.27. The zero-order valence-electron chi connectivity index (χ0n) is 18.3. The molecule has 0 bridgehead atoms. The Labute approximate surface area is 218 Å². The summed E-state index contributed by atoms with van der Waals surface area (Å²) in [6.45, 7) is 2.06. The van der Waals surface area contributed by atoms with E-state index in [4.69, 9.17) is 20.8 Å². The number of hydrogen-bond acceptors (Lipinski definition) is 6. The summed E-state index contributed by atoms with van der Waals surface area (Å²) in [5, 5.41) is 14.5. The Hall–Kier alpha value is -3.27. The molecule has 0 atom stereocenters. The quantitative estimate of drug-likeness (QED) is 0.170. The molecule has 0 aliphatic rings. The monoisotopic (exact) mass is 572 g/mol. The lowest BCUT2D eigenvalue weighted by molar-refractivity contribution is -0.385. The predicted octanol–water partition coefficient (Wildman–Crippen LogP) is 7.89. The van der Waals surface area contributed by atoms with Crippen LogP contribution >= 0.6 is 39.3 Å². The minimum atomic E-state index is -0.537. The molecule has 0 aliphatic carbocycles. The Morgan fingerprint density at radius 2 is 1.86 bits per heavy atom. The van der Waals surface area contributed by atoms with Gasteiger partial charge in [-0.25, -0.2) is 0 Å². The van der Waals surface area contributed by atoms with Gasteiger partial charge < -0.3 is 14.5 Å². The van der Waals surface area contributed by atoms with Crippen LogP contribution in [0.4, 0.5) is 11.4 Å². The second-order valence-electron chi connectivity index (χ2n) is 7.47. The van der Waals surface area contributed by atoms with E-state index in [0.717, 1.165) is 14.9 Å². The highest BCUT2D eigenvalue weighted by molar-refractivity contribution is 9.10. The van der Waals surface area contributed by atoms with Gasteiger partial charge in [-0.15, -0.1) is 0 Å². The molecule has 1 aromatic heterocycles. The van der Waals surface area contributed by atoms with Gasteiger partial charge >= 0.3 is 0 Å². The first-order valence-corrected chi connectivity index (χ1v) is 12.3. The number of nitro groups is 1. The van der Waals surface area contributed by atoms with Crippen LogP contribution in [0.5, 0.6) is 5.75 Å². The fourth-order valence-electron chi connectivity index (χ4n) is 3.07. The molecule has 10 heteroatoms. The van der Waals surface area contributed by atoms with Gasteiger partial charge in [0, 0.05) is 32.1 Å². The van der Waals surface area contributed by atoms with Gasteiger partial charge in [-0.3, -0.25) is 14.9 Å². The van der Waals surface area contributed by atoms with Crippen LogP contribution in [0.1, 0.15) is 21.9 Å². The van der Waals surface area contributed by atoms with Crippen LogP contribution in [0.2, 0.25) is 5.02 Å². The highest BCUT2D eigenvalue weighted by Crippen LogP contribution is 2.33. The highest BCUT2D eigenvalue weighted by Gasteiger charge is 2.16. The standard InChI is InChI=1S/C25H18BrClN2O5S/c1-15-2-6-20(7-3-15)35-21-12-17(11-18(13-21)29(31)32)28-25(30)24-9-5-19(34-24)14-33-23-8-4-16(26)10-22(23)27/h2-13H,14H2,1H3,(H,28,30). The van der Waals surface area contributed by atoms with E-state index in [0.29, 0.717) is 21.4 Å². The number of benzene rings is 3. The van der Waals surface area contributed by atoms with E-state index in [1.807, 2.05) is 31.2 Å². The molecule has 0 spiro atoms. The number of anilines is 1. The van der Waals surface area contributed by atoms with E-state index in [1.165, 1.54) is 30.0 Å². The number of rotatable bonds is 8. The number of nitro benzene ring substituents is 1. The predicted molar refractivity (Wildman–Crippen MR) is 139 cm³/mol. The van der Waals surface area contributed by atoms with Gasteiger partial charge in [-0.1, -0.05) is 57.0 Å². The third-order valence-corrected chi connectivity index (χ3v) is 6.53. The van der Waals surface area contributed by atoms with E-state index >= 15 is 0 Å². The second kappa shape index (κ2) is 11.0. The number of furan rings is 1. The molecule has 178 valence electrons. The third kappa shape index (κ3) is 6.66. The average Bonchev–Trinajstić information content (AvgIpc) is 3.29. The minimum absolute atomic E-state index is 0.0461. The maximum Gasteiger partial charge on any atom is 0.291 e. The van der Waals surface area contributed by atoms with E-state index in [1.54, 1.807) is 30.3 Å². The number of ether oxygens (including phenoxy) is 1. The zero-order chi connectivity index (χ0) is 24.9. The lowest BCUT2D eigenvalue weighted by Crippen LogP contribution is -2.11. The molecule has 0 fully saturated rings. The number of carbonyl (C=O) groups is 1. The van der Waals surface area contributed by atoms with Crippen molar-refractivity contribution in [2.45, 2.75) is 23.3 Å². The summed E-state index contributed by atoms with van der Waals surface area (Å²) in [5.74, 6) is 0.408. The molecule has 3 aromatic carbocycles. The van der Waals surface area contributed by atoms with Crippen molar-refractivity contribution in [2.75, 3.05) is 5.32 Å². The molecule has 35 heavy (non-hydrogen) atoms. The van der Waals surface area contributed by atoms with Crippen LogP contribution < -0.4 is 10.1 Å². The van der Waals surface area contributed by atoms with Gasteiger partial charge in [0.25, 0.3) is 11.6 Å². The fourth-order valence-corrected chi connectivity index (χ4v) is 4.71. The van der Waals surface area contributed by atoms with Crippen molar-refractivity contribution in [2.24, 2.45) is 0 Å². The zero-order valence-corrected chi connectivity index (χ0v) is 21.4. The van der Waals surface area contributed by atoms with Gasteiger partial charge in [-0.05, 0) is 55.5 Å². The Morgan fingerprint density at radius 1 is 1.09 bits per heavy atom. The van der Waals surface area contributed by atoms with E-state index in [-0.39, 0.29) is 23.7 Å². The van der Waals surface area contributed by atoms with Crippen LogP contribution in [0, 0.1) is 17.0 Å². The first-order chi connectivity index (χ1) is 16.8. The van der Waals surface area contributed by atoms with Gasteiger partial charge in [0.1, 0.15) is 18.1 Å². The number of amides is 1. The SMILES string of the molecule is Cc1ccc(Sc2cc(NC(=O)c3ccc(COc4ccc(Br)cc4Cl)o3)cc([N+](=O)[O-])c2)cc1. The second-order valence-corrected chi connectivity index (χ2v) is 9.94.